The van der Waals surface area contributed by atoms with Crippen LogP contribution in [0, 0.1) is 11.7 Å². The summed E-state index contributed by atoms with van der Waals surface area (Å²) in [6.45, 7) is 0. The van der Waals surface area contributed by atoms with Crippen LogP contribution < -0.4 is 10.2 Å². The van der Waals surface area contributed by atoms with E-state index < -0.39 is 0 Å². The molecule has 0 spiro atoms. The van der Waals surface area contributed by atoms with Crippen LogP contribution in [0.15, 0.2) is 48.5 Å². The fourth-order valence-corrected chi connectivity index (χ4v) is 4.37. The second-order valence-electron chi connectivity index (χ2n) is 6.64. The molecule has 1 aliphatic carbocycles. The van der Waals surface area contributed by atoms with Gasteiger partial charge in [0.05, 0.1) is 5.75 Å². The number of nitrogens with zero attached hydrogens (tertiary/aromatic N) is 1. The first-order valence-corrected chi connectivity index (χ1v) is 9.77. The molecule has 0 radical (unpaired) electrons. The van der Waals surface area contributed by atoms with Crippen molar-refractivity contribution in [1.29, 1.82) is 0 Å². The van der Waals surface area contributed by atoms with Crippen molar-refractivity contribution in [1.82, 2.24) is 0 Å². The summed E-state index contributed by atoms with van der Waals surface area (Å²) in [4.78, 5) is 26.1. The van der Waals surface area contributed by atoms with Gasteiger partial charge in [-0.15, -0.1) is 11.8 Å². The lowest BCUT2D eigenvalue weighted by atomic mass is 9.85. The lowest BCUT2D eigenvalue weighted by molar-refractivity contribution is -0.122. The molecule has 2 fully saturated rings. The molecule has 134 valence electrons. The standard InChI is InChI=1S/C20H19FN2O2S/c21-15-6-10-17(11-7-15)23-18(24)12-26-20(23)14-4-8-16(9-5-14)22-19(25)13-2-1-3-13/h4-11,13,20H,1-3,12H2,(H,22,25). The molecule has 1 N–H and O–H groups in total. The van der Waals surface area contributed by atoms with Crippen LogP contribution in [-0.2, 0) is 9.59 Å². The van der Waals surface area contributed by atoms with Crippen molar-refractivity contribution in [3.8, 4) is 0 Å². The molecule has 2 aliphatic rings. The number of hydrogen-bond donors (Lipinski definition) is 1. The second-order valence-corrected chi connectivity index (χ2v) is 7.71. The summed E-state index contributed by atoms with van der Waals surface area (Å²) >= 11 is 1.54. The maximum absolute atomic E-state index is 13.2. The predicted molar refractivity (Wildman–Crippen MR) is 101 cm³/mol. The average Bonchev–Trinajstić information content (AvgIpc) is 2.96. The molecule has 2 aromatic carbocycles. The zero-order valence-corrected chi connectivity index (χ0v) is 15.0. The number of rotatable bonds is 4. The minimum absolute atomic E-state index is 0.00831. The zero-order chi connectivity index (χ0) is 18.1. The average molecular weight is 370 g/mol. The van der Waals surface area contributed by atoms with E-state index in [2.05, 4.69) is 5.32 Å². The molecular weight excluding hydrogens is 351 g/mol. The Morgan fingerprint density at radius 2 is 1.77 bits per heavy atom. The lowest BCUT2D eigenvalue weighted by Gasteiger charge is -2.25. The summed E-state index contributed by atoms with van der Waals surface area (Å²) in [6.07, 6.45) is 3.07. The molecule has 2 amide bonds. The van der Waals surface area contributed by atoms with Crippen molar-refractivity contribution in [2.24, 2.45) is 5.92 Å². The molecule has 1 aliphatic heterocycles. The van der Waals surface area contributed by atoms with Gasteiger partial charge < -0.3 is 5.32 Å². The van der Waals surface area contributed by atoms with Gasteiger partial charge in [0.1, 0.15) is 11.2 Å². The number of anilines is 2. The number of hydrogen-bond acceptors (Lipinski definition) is 3. The topological polar surface area (TPSA) is 49.4 Å². The third-order valence-corrected chi connectivity index (χ3v) is 6.12. The van der Waals surface area contributed by atoms with E-state index in [9.17, 15) is 14.0 Å². The molecular formula is C20H19FN2O2S. The molecule has 6 heteroatoms. The number of carbonyl (C=O) groups is 2. The molecule has 4 rings (SSSR count). The molecule has 1 saturated heterocycles. The lowest BCUT2D eigenvalue weighted by Crippen LogP contribution is -2.28. The summed E-state index contributed by atoms with van der Waals surface area (Å²) in [5.41, 5.74) is 2.44. The Hall–Kier alpha value is -2.34. The van der Waals surface area contributed by atoms with E-state index in [1.165, 1.54) is 12.1 Å². The monoisotopic (exact) mass is 370 g/mol. The zero-order valence-electron chi connectivity index (χ0n) is 14.2. The quantitative estimate of drug-likeness (QED) is 0.871. The highest BCUT2D eigenvalue weighted by Gasteiger charge is 2.34. The molecule has 1 heterocycles. The molecule has 1 atom stereocenters. The summed E-state index contributed by atoms with van der Waals surface area (Å²) in [7, 11) is 0. The predicted octanol–water partition coefficient (Wildman–Crippen LogP) is 4.34. The van der Waals surface area contributed by atoms with Crippen LogP contribution in [-0.4, -0.2) is 17.6 Å². The molecule has 0 aromatic heterocycles. The molecule has 2 aromatic rings. The SMILES string of the molecule is O=C(Nc1ccc(C2SCC(=O)N2c2ccc(F)cc2)cc1)C1CCC1. The Balaban J connectivity index is 1.51. The van der Waals surface area contributed by atoms with Gasteiger partial charge in [0.2, 0.25) is 11.8 Å². The van der Waals surface area contributed by atoms with Crippen molar-refractivity contribution in [3.05, 3.63) is 59.9 Å². The number of thioether (sulfide) groups is 1. The minimum atomic E-state index is -0.323. The van der Waals surface area contributed by atoms with Crippen LogP contribution in [0.5, 0.6) is 0 Å². The Kier molecular flexibility index (Phi) is 4.68. The minimum Gasteiger partial charge on any atom is -0.326 e. The van der Waals surface area contributed by atoms with E-state index in [0.717, 1.165) is 30.5 Å². The van der Waals surface area contributed by atoms with Crippen molar-refractivity contribution in [2.75, 3.05) is 16.0 Å². The van der Waals surface area contributed by atoms with Crippen LogP contribution >= 0.6 is 11.8 Å². The fourth-order valence-electron chi connectivity index (χ4n) is 3.20. The van der Waals surface area contributed by atoms with Gasteiger partial charge in [-0.05, 0) is 54.8 Å². The molecule has 0 bridgehead atoms. The molecule has 26 heavy (non-hydrogen) atoms. The summed E-state index contributed by atoms with van der Waals surface area (Å²) in [5, 5.41) is 2.80. The number of nitrogens with one attached hydrogen (secondary N) is 1. The van der Waals surface area contributed by atoms with E-state index in [1.54, 1.807) is 28.8 Å². The maximum Gasteiger partial charge on any atom is 0.238 e. The van der Waals surface area contributed by atoms with Crippen LogP contribution in [0.25, 0.3) is 0 Å². The van der Waals surface area contributed by atoms with Crippen molar-refractivity contribution < 1.29 is 14.0 Å². The Morgan fingerprint density at radius 3 is 2.38 bits per heavy atom. The van der Waals surface area contributed by atoms with Gasteiger partial charge in [-0.3, -0.25) is 14.5 Å². The summed E-state index contributed by atoms with van der Waals surface area (Å²) < 4.78 is 13.2. The van der Waals surface area contributed by atoms with Gasteiger partial charge >= 0.3 is 0 Å². The number of benzene rings is 2. The number of carbonyl (C=O) groups excluding carboxylic acids is 2. The van der Waals surface area contributed by atoms with E-state index >= 15 is 0 Å². The van der Waals surface area contributed by atoms with Gasteiger partial charge in [0.15, 0.2) is 0 Å². The van der Waals surface area contributed by atoms with E-state index in [4.69, 9.17) is 0 Å². The van der Waals surface area contributed by atoms with E-state index in [-0.39, 0.29) is 28.9 Å². The number of halogens is 1. The summed E-state index contributed by atoms with van der Waals surface area (Å²) in [5.74, 6) is 0.307. The Bertz CT molecular complexity index is 819. The van der Waals surface area contributed by atoms with Gasteiger partial charge in [-0.2, -0.15) is 0 Å². The largest absolute Gasteiger partial charge is 0.326 e. The van der Waals surface area contributed by atoms with Crippen molar-refractivity contribution >= 4 is 35.0 Å². The molecule has 4 nitrogen and oxygen atoms in total. The van der Waals surface area contributed by atoms with Gasteiger partial charge in [-0.25, -0.2) is 4.39 Å². The smallest absolute Gasteiger partial charge is 0.238 e. The van der Waals surface area contributed by atoms with Crippen LogP contribution in [0.4, 0.5) is 15.8 Å². The highest BCUT2D eigenvalue weighted by Crippen LogP contribution is 2.42. The third-order valence-electron chi connectivity index (χ3n) is 4.91. The van der Waals surface area contributed by atoms with Gasteiger partial charge in [0.25, 0.3) is 0 Å². The van der Waals surface area contributed by atoms with Crippen LogP contribution in [0.3, 0.4) is 0 Å². The van der Waals surface area contributed by atoms with Crippen LogP contribution in [0.1, 0.15) is 30.2 Å². The maximum atomic E-state index is 13.2. The van der Waals surface area contributed by atoms with Crippen molar-refractivity contribution in [2.45, 2.75) is 24.6 Å². The normalized spacial score (nSPS) is 20.1. The first-order chi connectivity index (χ1) is 12.6. The van der Waals surface area contributed by atoms with Gasteiger partial charge in [0, 0.05) is 17.3 Å². The highest BCUT2D eigenvalue weighted by molar-refractivity contribution is 8.00. The third kappa shape index (κ3) is 3.33. The molecule has 1 saturated carbocycles. The highest BCUT2D eigenvalue weighted by atomic mass is 32.2. The fraction of sp³-hybridized carbons (Fsp3) is 0.300. The van der Waals surface area contributed by atoms with Crippen LogP contribution in [0.2, 0.25) is 0 Å². The Labute approximate surface area is 155 Å². The first-order valence-electron chi connectivity index (χ1n) is 8.72. The van der Waals surface area contributed by atoms with Gasteiger partial charge in [-0.1, -0.05) is 18.6 Å². The van der Waals surface area contributed by atoms with E-state index in [1.807, 2.05) is 24.3 Å². The molecule has 1 unspecified atom stereocenters. The Morgan fingerprint density at radius 1 is 1.08 bits per heavy atom. The number of amides is 2. The van der Waals surface area contributed by atoms with Crippen molar-refractivity contribution in [3.63, 3.8) is 0 Å². The summed E-state index contributed by atoms with van der Waals surface area (Å²) in [6, 6.07) is 13.6. The van der Waals surface area contributed by atoms with E-state index in [0.29, 0.717) is 11.4 Å². The second kappa shape index (κ2) is 7.11. The first kappa shape index (κ1) is 17.1.